The number of benzene rings is 5. The predicted octanol–water partition coefficient (Wildman–Crippen LogP) is 20.0. The Balaban J connectivity index is 0.000000194. The molecule has 0 unspecified atom stereocenters. The molecule has 10 rings (SSSR count). The Labute approximate surface area is 624 Å². The predicted molar refractivity (Wildman–Crippen MR) is 386 cm³/mol. The van der Waals surface area contributed by atoms with Crippen LogP contribution in [0.25, 0.3) is 56.4 Å². The van der Waals surface area contributed by atoms with E-state index in [0.717, 1.165) is 17.0 Å². The molecular weight excluding hydrogens is 1540 g/mol. The monoisotopic (exact) mass is 1590 g/mol. The number of ether oxygens (including phenoxy) is 4. The van der Waals surface area contributed by atoms with E-state index in [1.807, 2.05) is 13.0 Å². The van der Waals surface area contributed by atoms with Crippen molar-refractivity contribution in [3.05, 3.63) is 130 Å². The number of Topliss-reactive ketones (excluding diaryl/α,β-unsaturated/α-hetero) is 4. The van der Waals surface area contributed by atoms with Crippen LogP contribution >= 0.6 is 151 Å². The van der Waals surface area contributed by atoms with E-state index in [1.54, 1.807) is 101 Å². The average molecular weight is 1600 g/mol. The summed E-state index contributed by atoms with van der Waals surface area (Å²) >= 11 is 59.6. The molecule has 0 aliphatic rings. The van der Waals surface area contributed by atoms with Gasteiger partial charge < -0.3 is 41.4 Å². The maximum atomic E-state index is 10.9. The summed E-state index contributed by atoms with van der Waals surface area (Å²) in [7, 11) is 4.56. The minimum Gasteiger partial charge on any atom is -0.497 e. The Morgan fingerprint density at radius 1 is 0.459 bits per heavy atom. The molecule has 0 saturated heterocycles. The zero-order valence-electron chi connectivity index (χ0n) is 53.2. The summed E-state index contributed by atoms with van der Waals surface area (Å²) in [5, 5.41) is 46.2. The van der Waals surface area contributed by atoms with Crippen molar-refractivity contribution in [2.24, 2.45) is 0 Å². The lowest BCUT2D eigenvalue weighted by Crippen LogP contribution is -1.93. The Hall–Kier alpha value is -6.24. The largest absolute Gasteiger partial charge is 0.497 e. The molecule has 35 heteroatoms. The highest BCUT2D eigenvalue weighted by molar-refractivity contribution is 7.99. The van der Waals surface area contributed by atoms with Crippen molar-refractivity contribution in [2.45, 2.75) is 95.2 Å². The topological polar surface area (TPSA) is 287 Å². The van der Waals surface area contributed by atoms with Gasteiger partial charge in [0.1, 0.15) is 34.6 Å². The van der Waals surface area contributed by atoms with E-state index in [0.29, 0.717) is 186 Å². The van der Waals surface area contributed by atoms with Gasteiger partial charge in [-0.3, -0.25) is 14.4 Å². The fraction of sp³-hybridized carbons (Fsp3) is 0.302. The minimum atomic E-state index is 0.115. The second-order valence-corrected chi connectivity index (χ2v) is 27.6. The zero-order valence-corrected chi connectivity index (χ0v) is 63.3. The van der Waals surface area contributed by atoms with E-state index in [9.17, 15) is 19.2 Å². The van der Waals surface area contributed by atoms with Gasteiger partial charge in [-0.2, -0.15) is 0 Å². The van der Waals surface area contributed by atoms with Crippen LogP contribution in [-0.4, -0.2) is 119 Å². The van der Waals surface area contributed by atoms with Crippen LogP contribution in [0.2, 0.25) is 45.2 Å². The van der Waals surface area contributed by atoms with E-state index >= 15 is 0 Å². The highest BCUT2D eigenvalue weighted by atomic mass is 35.5. The van der Waals surface area contributed by atoms with Gasteiger partial charge in [0.15, 0.2) is 10.8 Å². The molecule has 0 amide bonds. The van der Waals surface area contributed by atoms with Crippen molar-refractivity contribution in [3.63, 3.8) is 0 Å². The van der Waals surface area contributed by atoms with Gasteiger partial charge in [-0.1, -0.05) is 163 Å². The molecule has 5 aromatic carbocycles. The van der Waals surface area contributed by atoms with Gasteiger partial charge in [0.2, 0.25) is 23.6 Å². The summed E-state index contributed by atoms with van der Waals surface area (Å²) in [6.07, 6.45) is 4.12. The number of methoxy groups -OCH3 is 3. The highest BCUT2D eigenvalue weighted by Gasteiger charge is 2.22. The van der Waals surface area contributed by atoms with E-state index < -0.39 is 0 Å². The van der Waals surface area contributed by atoms with E-state index in [1.165, 1.54) is 67.8 Å². The van der Waals surface area contributed by atoms with Gasteiger partial charge in [0.05, 0.1) is 80.3 Å². The Morgan fingerprint density at radius 2 is 0.939 bits per heavy atom. The highest BCUT2D eigenvalue weighted by Crippen LogP contribution is 2.42. The second kappa shape index (κ2) is 41.5. The molecule has 0 saturated carbocycles. The van der Waals surface area contributed by atoms with E-state index in [-0.39, 0.29) is 34.9 Å². The number of halogens is 9. The first kappa shape index (κ1) is 80.7. The molecule has 0 fully saturated rings. The van der Waals surface area contributed by atoms with Crippen LogP contribution in [0.5, 0.6) is 22.4 Å². The number of carbonyl (C=O) groups excluding carboxylic acids is 4. The molecule has 520 valence electrons. The maximum absolute atomic E-state index is 10.9. The van der Waals surface area contributed by atoms with Crippen LogP contribution in [0.4, 0.5) is 0 Å². The minimum absolute atomic E-state index is 0.115. The third kappa shape index (κ3) is 26.1. The van der Waals surface area contributed by atoms with E-state index in [4.69, 9.17) is 141 Å². The summed E-state index contributed by atoms with van der Waals surface area (Å²) in [6.45, 7) is 8.88. The van der Waals surface area contributed by atoms with Crippen molar-refractivity contribution in [2.75, 3.05) is 45.2 Å². The molecule has 0 spiro atoms. The van der Waals surface area contributed by atoms with Crippen LogP contribution in [-0.2, 0) is 25.6 Å². The average Bonchev–Trinajstić information content (AvgIpc) is 1.47. The van der Waals surface area contributed by atoms with Gasteiger partial charge >= 0.3 is 0 Å². The summed E-state index contributed by atoms with van der Waals surface area (Å²) in [4.78, 5) is 43.5. The molecule has 0 aliphatic heterocycles. The molecule has 22 nitrogen and oxygen atoms in total. The van der Waals surface area contributed by atoms with Crippen LogP contribution in [0.1, 0.15) is 79.0 Å². The number of thioether (sulfide) groups is 3. The zero-order chi connectivity index (χ0) is 71.4. The van der Waals surface area contributed by atoms with Gasteiger partial charge in [0.25, 0.3) is 26.8 Å². The van der Waals surface area contributed by atoms with Gasteiger partial charge in [0, 0.05) is 70.0 Å². The van der Waals surface area contributed by atoms with Crippen LogP contribution in [0.15, 0.2) is 112 Å². The molecule has 0 aliphatic carbocycles. The van der Waals surface area contributed by atoms with Crippen molar-refractivity contribution in [1.82, 2.24) is 51.0 Å². The standard InChI is InChI=1S/2C13H12Cl2N2O3S.C13H12Cl2N2O2.C13H13ClN2O3S.C11H10Cl2N2OS/c1-7(18)3-4-21-13-17-16-12(20-13)11-9(15)5-8(14)6-10(11)19-2;1-7(18)5-6-21-13-17-16-12(20-13)8-3-4-9(14)11(19-2)10(8)15;1-8(18)3-2-4-12-16-17-13(19-12)10-6-5-9(14)7-11(10)15;1-8(17)5-6-20-13-16-15-12(19-13)10-4-3-9(18-2)7-11(10)14;1-2-5-16-11-15-14-10(17-11)8-4-3-7(12)6-9(8)13/h5-6H,3-4H2,1-2H3;3-4H,5-6H2,1-2H3;5-7H,2-4H2,1H3;3-4,7H,5-6H2,1-2H3;3-4,6H,2,5H2,1H3. The third-order valence-corrected chi connectivity index (χ3v) is 18.1. The molecule has 0 bridgehead atoms. The lowest BCUT2D eigenvalue weighted by molar-refractivity contribution is -0.117. The van der Waals surface area contributed by atoms with Gasteiger partial charge in [-0.15, -0.1) is 45.9 Å². The molecule has 10 aromatic rings. The first-order valence-electron chi connectivity index (χ1n) is 28.9. The molecule has 98 heavy (non-hydrogen) atoms. The quantitative estimate of drug-likeness (QED) is 0.0432. The number of hydrogen-bond donors (Lipinski definition) is 0. The number of carbonyl (C=O) groups is 4. The van der Waals surface area contributed by atoms with Crippen LogP contribution in [0, 0.1) is 0 Å². The number of aryl methyl sites for hydroxylation is 1. The Kier molecular flexibility index (Phi) is 34.2. The lowest BCUT2D eigenvalue weighted by Gasteiger charge is -2.07. The van der Waals surface area contributed by atoms with Gasteiger partial charge in [-0.25, -0.2) is 0 Å². The van der Waals surface area contributed by atoms with Crippen molar-refractivity contribution in [1.29, 1.82) is 0 Å². The molecular formula is C63H59Cl9N10O12S4. The van der Waals surface area contributed by atoms with Crippen LogP contribution < -0.4 is 18.9 Å². The smallest absolute Gasteiger partial charge is 0.294 e. The fourth-order valence-electron chi connectivity index (χ4n) is 7.41. The molecule has 0 radical (unpaired) electrons. The summed E-state index contributed by atoms with van der Waals surface area (Å²) < 4.78 is 42.9. The maximum Gasteiger partial charge on any atom is 0.294 e. The van der Waals surface area contributed by atoms with E-state index in [2.05, 4.69) is 51.0 Å². The first-order valence-corrected chi connectivity index (χ1v) is 36.0. The number of nitrogens with zero attached hydrogens (tertiary/aromatic N) is 10. The SMILES string of the molecule is CC(=O)CCCc1nnc(-c2ccc(Cl)cc2Cl)o1.CCCOc1nnc(-c2ccc(Cl)cc2Cl)s1.COc1c(Cl)ccc(-c2nnc(SCCC(C)=O)o2)c1Cl.COc1cc(Cl)cc(Cl)c1-c1nnc(SCCC(C)=O)o1.COc1ccc(-c2nnc(SCCC(C)=O)o2)c(Cl)c1. The van der Waals surface area contributed by atoms with Gasteiger partial charge in [-0.05, 0) is 119 Å². The van der Waals surface area contributed by atoms with Crippen LogP contribution in [0.3, 0.4) is 0 Å². The molecule has 5 heterocycles. The summed E-state index contributed by atoms with van der Waals surface area (Å²) in [5.41, 5.74) is 3.16. The normalized spacial score (nSPS) is 10.6. The summed E-state index contributed by atoms with van der Waals surface area (Å²) in [6, 6.07) is 22.1. The Bertz CT molecular complexity index is 4290. The fourth-order valence-corrected chi connectivity index (χ4v) is 13.0. The lowest BCUT2D eigenvalue weighted by atomic mass is 10.2. The van der Waals surface area contributed by atoms with Crippen molar-refractivity contribution < 1.29 is 55.8 Å². The Morgan fingerprint density at radius 3 is 1.45 bits per heavy atom. The van der Waals surface area contributed by atoms with Crippen molar-refractivity contribution >= 4 is 174 Å². The number of aromatic nitrogens is 10. The second-order valence-electron chi connectivity index (χ2n) is 19.8. The third-order valence-electron chi connectivity index (χ3n) is 12.1. The number of rotatable bonds is 27. The molecule has 0 atom stereocenters. The first-order chi connectivity index (χ1) is 46.9. The number of hydrogen-bond acceptors (Lipinski definition) is 26. The molecule has 5 aromatic heterocycles. The van der Waals surface area contributed by atoms with Crippen molar-refractivity contribution in [3.8, 4) is 78.8 Å². The summed E-state index contributed by atoms with van der Waals surface area (Å²) in [5.74, 6) is 5.53. The molecule has 0 N–H and O–H groups in total. The number of ketones is 4.